The van der Waals surface area contributed by atoms with Gasteiger partial charge < -0.3 is 4.90 Å². The van der Waals surface area contributed by atoms with E-state index >= 15 is 0 Å². The molecule has 1 aromatic carbocycles. The second-order valence-corrected chi connectivity index (χ2v) is 6.14. The van der Waals surface area contributed by atoms with Crippen molar-refractivity contribution in [1.82, 2.24) is 4.90 Å². The van der Waals surface area contributed by atoms with Gasteiger partial charge in [0, 0.05) is 18.7 Å². The molecule has 1 aliphatic heterocycles. The Balaban J connectivity index is 1.57. The van der Waals surface area contributed by atoms with Gasteiger partial charge in [0.1, 0.15) is 11.7 Å². The summed E-state index contributed by atoms with van der Waals surface area (Å²) in [5.41, 5.74) is 2.40. The van der Waals surface area contributed by atoms with Crippen molar-refractivity contribution in [3.05, 3.63) is 35.1 Å². The number of hydrogen-bond acceptors (Lipinski definition) is 1. The first-order valence-corrected chi connectivity index (χ1v) is 6.80. The van der Waals surface area contributed by atoms with Crippen LogP contribution in [-0.4, -0.2) is 17.3 Å². The molecule has 1 aromatic rings. The predicted molar refractivity (Wildman–Crippen MR) is 68.0 cm³/mol. The van der Waals surface area contributed by atoms with Gasteiger partial charge in [0.25, 0.3) is 0 Å². The van der Waals surface area contributed by atoms with E-state index in [9.17, 15) is 4.39 Å². The average molecular weight is 244 g/mol. The van der Waals surface area contributed by atoms with Gasteiger partial charge in [-0.05, 0) is 54.7 Å². The van der Waals surface area contributed by atoms with Crippen molar-refractivity contribution in [2.24, 2.45) is 11.3 Å². The Labute approximate surface area is 106 Å². The molecule has 0 amide bonds. The van der Waals surface area contributed by atoms with Crippen molar-refractivity contribution in [3.63, 3.8) is 0 Å². The van der Waals surface area contributed by atoms with Gasteiger partial charge in [0.2, 0.25) is 0 Å². The minimum Gasteiger partial charge on any atom is -0.352 e. The smallest absolute Gasteiger partial charge is 0.128 e. The lowest BCUT2D eigenvalue weighted by molar-refractivity contribution is 0.295. The minimum atomic E-state index is -0.233. The monoisotopic (exact) mass is 244 g/mol. The Morgan fingerprint density at radius 2 is 2.11 bits per heavy atom. The lowest BCUT2D eigenvalue weighted by Gasteiger charge is -2.24. The van der Waals surface area contributed by atoms with Crippen LogP contribution in [0, 0.1) is 22.6 Å². The third-order valence-corrected chi connectivity index (χ3v) is 4.85. The van der Waals surface area contributed by atoms with Crippen LogP contribution in [0.3, 0.4) is 0 Å². The summed E-state index contributed by atoms with van der Waals surface area (Å²) in [6.07, 6.45) is 5.41. The van der Waals surface area contributed by atoms with Crippen LogP contribution < -0.4 is 0 Å². The molecule has 0 spiro atoms. The SMILES string of the molecule is N=C1c2cc(F)ccc2CN1CC1(C2CC2)CC1. The van der Waals surface area contributed by atoms with E-state index in [0.717, 1.165) is 30.1 Å². The molecule has 0 atom stereocenters. The Kier molecular flexibility index (Phi) is 1.95. The number of nitrogens with one attached hydrogen (secondary N) is 1. The van der Waals surface area contributed by atoms with E-state index in [4.69, 9.17) is 5.41 Å². The lowest BCUT2D eigenvalue weighted by atomic mass is 10.00. The maximum atomic E-state index is 13.2. The van der Waals surface area contributed by atoms with Crippen LogP contribution in [0.1, 0.15) is 36.8 Å². The molecule has 2 aliphatic carbocycles. The van der Waals surface area contributed by atoms with Crippen molar-refractivity contribution in [3.8, 4) is 0 Å². The highest BCUT2D eigenvalue weighted by Crippen LogP contribution is 2.61. The molecular formula is C15H17FN2. The number of halogens is 1. The summed E-state index contributed by atoms with van der Waals surface area (Å²) in [5.74, 6) is 1.20. The van der Waals surface area contributed by atoms with Gasteiger partial charge in [-0.2, -0.15) is 0 Å². The Bertz CT molecular complexity index is 529. The first-order valence-electron chi connectivity index (χ1n) is 6.80. The number of amidine groups is 1. The summed E-state index contributed by atoms with van der Waals surface area (Å²) < 4.78 is 13.2. The largest absolute Gasteiger partial charge is 0.352 e. The van der Waals surface area contributed by atoms with E-state index in [1.54, 1.807) is 0 Å². The fourth-order valence-corrected chi connectivity index (χ4v) is 3.43. The summed E-state index contributed by atoms with van der Waals surface area (Å²) in [5, 5.41) is 8.21. The Morgan fingerprint density at radius 3 is 2.78 bits per heavy atom. The highest BCUT2D eigenvalue weighted by atomic mass is 19.1. The second kappa shape index (κ2) is 3.34. The van der Waals surface area contributed by atoms with Gasteiger partial charge in [0.15, 0.2) is 0 Å². The van der Waals surface area contributed by atoms with Gasteiger partial charge in [-0.3, -0.25) is 5.41 Å². The first kappa shape index (κ1) is 10.5. The first-order chi connectivity index (χ1) is 8.68. The Morgan fingerprint density at radius 1 is 1.33 bits per heavy atom. The standard InChI is InChI=1S/C15H17FN2/c16-12-4-1-10-8-18(14(17)13(10)7-12)9-15(5-6-15)11-2-3-11/h1,4,7,11,17H,2-3,5-6,8-9H2. The highest BCUT2D eigenvalue weighted by Gasteiger charge is 2.54. The molecule has 0 bridgehead atoms. The third kappa shape index (κ3) is 1.49. The quantitative estimate of drug-likeness (QED) is 0.868. The van der Waals surface area contributed by atoms with Crippen LogP contribution in [0.5, 0.6) is 0 Å². The van der Waals surface area contributed by atoms with Crippen LogP contribution in [0.15, 0.2) is 18.2 Å². The number of hydrogen-bond donors (Lipinski definition) is 1. The molecule has 1 heterocycles. The fraction of sp³-hybridized carbons (Fsp3) is 0.533. The van der Waals surface area contributed by atoms with Crippen LogP contribution >= 0.6 is 0 Å². The van der Waals surface area contributed by atoms with Gasteiger partial charge >= 0.3 is 0 Å². The van der Waals surface area contributed by atoms with E-state index in [0.29, 0.717) is 11.3 Å². The summed E-state index contributed by atoms with van der Waals surface area (Å²) in [4.78, 5) is 2.15. The summed E-state index contributed by atoms with van der Waals surface area (Å²) in [6, 6.07) is 4.84. The van der Waals surface area contributed by atoms with Crippen molar-refractivity contribution in [2.45, 2.75) is 32.2 Å². The molecule has 1 N–H and O–H groups in total. The lowest BCUT2D eigenvalue weighted by Crippen LogP contribution is -2.31. The van der Waals surface area contributed by atoms with Crippen molar-refractivity contribution >= 4 is 5.84 Å². The number of benzene rings is 1. The maximum Gasteiger partial charge on any atom is 0.128 e. The molecule has 3 aliphatic rings. The predicted octanol–water partition coefficient (Wildman–Crippen LogP) is 3.16. The molecule has 0 radical (unpaired) electrons. The maximum absolute atomic E-state index is 13.2. The van der Waals surface area contributed by atoms with Crippen LogP contribution in [0.2, 0.25) is 0 Å². The molecule has 3 heteroatoms. The zero-order valence-electron chi connectivity index (χ0n) is 10.4. The van der Waals surface area contributed by atoms with Crippen molar-refractivity contribution in [2.75, 3.05) is 6.54 Å². The van der Waals surface area contributed by atoms with Gasteiger partial charge in [-0.1, -0.05) is 6.07 Å². The van der Waals surface area contributed by atoms with Gasteiger partial charge in [-0.15, -0.1) is 0 Å². The van der Waals surface area contributed by atoms with E-state index in [1.165, 1.54) is 37.8 Å². The second-order valence-electron chi connectivity index (χ2n) is 6.14. The van der Waals surface area contributed by atoms with E-state index < -0.39 is 0 Å². The van der Waals surface area contributed by atoms with Gasteiger partial charge in [0.05, 0.1) is 0 Å². The van der Waals surface area contributed by atoms with Crippen LogP contribution in [0.4, 0.5) is 4.39 Å². The summed E-state index contributed by atoms with van der Waals surface area (Å²) in [6.45, 7) is 1.80. The highest BCUT2D eigenvalue weighted by molar-refractivity contribution is 6.00. The molecule has 2 fully saturated rings. The molecule has 0 aromatic heterocycles. The number of fused-ring (bicyclic) bond motifs is 1. The molecule has 94 valence electrons. The molecular weight excluding hydrogens is 227 g/mol. The Hall–Kier alpha value is -1.38. The van der Waals surface area contributed by atoms with Crippen molar-refractivity contribution in [1.29, 1.82) is 5.41 Å². The third-order valence-electron chi connectivity index (χ3n) is 4.85. The van der Waals surface area contributed by atoms with Crippen LogP contribution in [-0.2, 0) is 6.54 Å². The van der Waals surface area contributed by atoms with E-state index in [1.807, 2.05) is 6.07 Å². The molecule has 2 nitrogen and oxygen atoms in total. The molecule has 0 unspecified atom stereocenters. The summed E-state index contributed by atoms with van der Waals surface area (Å²) in [7, 11) is 0. The van der Waals surface area contributed by atoms with Gasteiger partial charge in [-0.25, -0.2) is 4.39 Å². The molecule has 0 saturated heterocycles. The zero-order chi connectivity index (χ0) is 12.3. The minimum absolute atomic E-state index is 0.233. The topological polar surface area (TPSA) is 27.1 Å². The van der Waals surface area contributed by atoms with E-state index in [2.05, 4.69) is 4.90 Å². The normalized spacial score (nSPS) is 24.3. The molecule has 4 rings (SSSR count). The zero-order valence-corrected chi connectivity index (χ0v) is 10.4. The number of nitrogens with zero attached hydrogens (tertiary/aromatic N) is 1. The fourth-order valence-electron chi connectivity index (χ4n) is 3.43. The summed E-state index contributed by atoms with van der Waals surface area (Å²) >= 11 is 0. The van der Waals surface area contributed by atoms with Crippen LogP contribution in [0.25, 0.3) is 0 Å². The number of rotatable bonds is 3. The average Bonchev–Trinajstić information content (AvgIpc) is 3.22. The molecule has 2 saturated carbocycles. The van der Waals surface area contributed by atoms with Crippen molar-refractivity contribution < 1.29 is 4.39 Å². The van der Waals surface area contributed by atoms with E-state index in [-0.39, 0.29) is 5.82 Å². The molecule has 18 heavy (non-hydrogen) atoms.